The van der Waals surface area contributed by atoms with E-state index in [1.54, 1.807) is 0 Å². The van der Waals surface area contributed by atoms with Crippen LogP contribution in [0.3, 0.4) is 0 Å². The van der Waals surface area contributed by atoms with Crippen molar-refractivity contribution in [2.75, 3.05) is 20.2 Å². The van der Waals surface area contributed by atoms with Gasteiger partial charge in [-0.1, -0.05) is 97.1 Å². The van der Waals surface area contributed by atoms with Gasteiger partial charge in [0.1, 0.15) is 0 Å². The maximum atomic E-state index is 12.0. The van der Waals surface area contributed by atoms with Crippen LogP contribution in [0.1, 0.15) is 23.1 Å². The Morgan fingerprint density at radius 1 is 0.793 bits per heavy atom. The zero-order valence-corrected chi connectivity index (χ0v) is 16.6. The molecule has 0 N–H and O–H groups in total. The normalized spacial score (nSPS) is 14.9. The third kappa shape index (κ3) is 3.50. The Morgan fingerprint density at radius 2 is 1.24 bits per heavy atom. The van der Waals surface area contributed by atoms with Gasteiger partial charge in [0.2, 0.25) is 0 Å². The highest BCUT2D eigenvalue weighted by atomic mass is 16.5. The summed E-state index contributed by atoms with van der Waals surface area (Å²) >= 11 is 0. The minimum atomic E-state index is -0.443. The van der Waals surface area contributed by atoms with E-state index in [0.29, 0.717) is 13.0 Å². The minimum Gasteiger partial charge on any atom is -0.466 e. The summed E-state index contributed by atoms with van der Waals surface area (Å²) in [7, 11) is 1.44. The number of hydrogen-bond acceptors (Lipinski definition) is 3. The summed E-state index contributed by atoms with van der Waals surface area (Å²) in [5.41, 5.74) is 3.96. The smallest absolute Gasteiger partial charge is 0.333 e. The van der Waals surface area contributed by atoms with Crippen molar-refractivity contribution in [3.63, 3.8) is 0 Å². The zero-order valence-electron chi connectivity index (χ0n) is 16.6. The highest BCUT2D eigenvalue weighted by Crippen LogP contribution is 2.43. The number of carbonyl (C=O) groups is 1. The third-order valence-electron chi connectivity index (χ3n) is 5.71. The van der Waals surface area contributed by atoms with E-state index in [4.69, 9.17) is 4.74 Å². The van der Waals surface area contributed by atoms with Crippen molar-refractivity contribution in [3.05, 3.63) is 119 Å². The number of rotatable bonds is 5. The van der Waals surface area contributed by atoms with Crippen LogP contribution >= 0.6 is 0 Å². The molecule has 0 saturated carbocycles. The van der Waals surface area contributed by atoms with E-state index in [9.17, 15) is 4.79 Å². The zero-order chi connectivity index (χ0) is 20.1. The summed E-state index contributed by atoms with van der Waals surface area (Å²) in [4.78, 5) is 14.5. The summed E-state index contributed by atoms with van der Waals surface area (Å²) < 4.78 is 4.94. The van der Waals surface area contributed by atoms with E-state index in [0.717, 1.165) is 12.1 Å². The predicted molar refractivity (Wildman–Crippen MR) is 115 cm³/mol. The molecule has 0 bridgehead atoms. The van der Waals surface area contributed by atoms with Gasteiger partial charge >= 0.3 is 5.97 Å². The number of esters is 1. The minimum absolute atomic E-state index is 0.227. The van der Waals surface area contributed by atoms with E-state index < -0.39 is 5.54 Å². The third-order valence-corrected chi connectivity index (χ3v) is 5.71. The molecule has 4 rings (SSSR count). The van der Waals surface area contributed by atoms with Crippen LogP contribution in [0.4, 0.5) is 0 Å². The van der Waals surface area contributed by atoms with Gasteiger partial charge < -0.3 is 4.74 Å². The molecule has 1 aliphatic rings. The van der Waals surface area contributed by atoms with Crippen LogP contribution in [0.25, 0.3) is 0 Å². The number of ether oxygens (including phenoxy) is 1. The molecular weight excluding hydrogens is 358 g/mol. The van der Waals surface area contributed by atoms with Crippen LogP contribution in [0.5, 0.6) is 0 Å². The van der Waals surface area contributed by atoms with Gasteiger partial charge in [-0.2, -0.15) is 0 Å². The van der Waals surface area contributed by atoms with Gasteiger partial charge in [-0.3, -0.25) is 4.90 Å². The molecule has 29 heavy (non-hydrogen) atoms. The lowest BCUT2D eigenvalue weighted by Crippen LogP contribution is -2.50. The van der Waals surface area contributed by atoms with Crippen LogP contribution in [0.2, 0.25) is 0 Å². The van der Waals surface area contributed by atoms with Gasteiger partial charge in [0.15, 0.2) is 0 Å². The van der Waals surface area contributed by atoms with Crippen LogP contribution in [0, 0.1) is 0 Å². The second-order valence-corrected chi connectivity index (χ2v) is 7.23. The van der Waals surface area contributed by atoms with E-state index in [1.165, 1.54) is 23.8 Å². The van der Waals surface area contributed by atoms with Crippen molar-refractivity contribution in [2.45, 2.75) is 12.0 Å². The first-order chi connectivity index (χ1) is 14.3. The molecule has 0 aromatic heterocycles. The first kappa shape index (κ1) is 19.2. The van der Waals surface area contributed by atoms with Gasteiger partial charge in [0.25, 0.3) is 0 Å². The van der Waals surface area contributed by atoms with Gasteiger partial charge in [-0.15, -0.1) is 0 Å². The summed E-state index contributed by atoms with van der Waals surface area (Å²) in [5.74, 6) is -0.227. The second-order valence-electron chi connectivity index (χ2n) is 7.23. The Hall–Kier alpha value is -3.17. The molecule has 3 heteroatoms. The monoisotopic (exact) mass is 383 g/mol. The summed E-state index contributed by atoms with van der Waals surface area (Å²) in [5, 5.41) is 0. The van der Waals surface area contributed by atoms with Gasteiger partial charge in [-0.25, -0.2) is 4.79 Å². The molecule has 1 heterocycles. The number of methoxy groups -OCH3 is 1. The Bertz CT molecular complexity index is 884. The maximum Gasteiger partial charge on any atom is 0.333 e. The molecule has 0 spiro atoms. The highest BCUT2D eigenvalue weighted by molar-refractivity contribution is 5.88. The van der Waals surface area contributed by atoms with Crippen LogP contribution in [-0.4, -0.2) is 31.1 Å². The fourth-order valence-corrected chi connectivity index (χ4v) is 4.38. The van der Waals surface area contributed by atoms with Crippen LogP contribution in [-0.2, 0) is 15.1 Å². The number of benzene rings is 3. The van der Waals surface area contributed by atoms with Crippen molar-refractivity contribution in [2.24, 2.45) is 0 Å². The first-order valence-corrected chi connectivity index (χ1v) is 9.96. The topological polar surface area (TPSA) is 29.5 Å². The largest absolute Gasteiger partial charge is 0.466 e. The van der Waals surface area contributed by atoms with Gasteiger partial charge in [0, 0.05) is 18.7 Å². The standard InChI is InChI=1S/C26H25NO2/c1-29-25(28)21-17-19-27(20-18-21)26(22-11-5-2-6-12-22,23-13-7-3-8-14-23)24-15-9-4-10-16-24/h2-17H,18-20H2,1H3. The SMILES string of the molecule is COC(=O)C1=CCN(C(c2ccccc2)(c2ccccc2)c2ccccc2)CC1. The average molecular weight is 383 g/mol. The van der Waals surface area contributed by atoms with Crippen molar-refractivity contribution in [3.8, 4) is 0 Å². The maximum absolute atomic E-state index is 12.0. The molecule has 0 unspecified atom stereocenters. The van der Waals surface area contributed by atoms with Crippen molar-refractivity contribution in [1.29, 1.82) is 0 Å². The van der Waals surface area contributed by atoms with E-state index in [1.807, 2.05) is 6.08 Å². The fourth-order valence-electron chi connectivity index (χ4n) is 4.38. The lowest BCUT2D eigenvalue weighted by Gasteiger charge is -2.46. The Kier molecular flexibility index (Phi) is 5.59. The molecule has 0 aliphatic carbocycles. The molecule has 0 amide bonds. The number of nitrogens with zero attached hydrogens (tertiary/aromatic N) is 1. The van der Waals surface area contributed by atoms with Crippen molar-refractivity contribution < 1.29 is 9.53 Å². The number of hydrogen-bond donors (Lipinski definition) is 0. The molecule has 3 aromatic carbocycles. The van der Waals surface area contributed by atoms with Gasteiger partial charge in [-0.05, 0) is 23.1 Å². The van der Waals surface area contributed by atoms with E-state index >= 15 is 0 Å². The number of carbonyl (C=O) groups excluding carboxylic acids is 1. The van der Waals surface area contributed by atoms with E-state index in [2.05, 4.69) is 95.9 Å². The Morgan fingerprint density at radius 3 is 1.59 bits per heavy atom. The lowest BCUT2D eigenvalue weighted by atomic mass is 9.75. The summed E-state index contributed by atoms with van der Waals surface area (Å²) in [6.45, 7) is 1.43. The first-order valence-electron chi connectivity index (χ1n) is 9.96. The average Bonchev–Trinajstić information content (AvgIpc) is 2.82. The van der Waals surface area contributed by atoms with Crippen LogP contribution in [0.15, 0.2) is 103 Å². The summed E-state index contributed by atoms with van der Waals surface area (Å²) in [6, 6.07) is 31.9. The highest BCUT2D eigenvalue weighted by Gasteiger charge is 2.42. The second kappa shape index (κ2) is 8.46. The molecule has 146 valence electrons. The predicted octanol–water partition coefficient (Wildman–Crippen LogP) is 4.78. The molecule has 0 saturated heterocycles. The Balaban J connectivity index is 1.92. The fraction of sp³-hybridized carbons (Fsp3) is 0.192. The van der Waals surface area contributed by atoms with E-state index in [-0.39, 0.29) is 5.97 Å². The van der Waals surface area contributed by atoms with Crippen molar-refractivity contribution >= 4 is 5.97 Å². The van der Waals surface area contributed by atoms with Crippen LogP contribution < -0.4 is 0 Å². The molecule has 3 aromatic rings. The van der Waals surface area contributed by atoms with Gasteiger partial charge in [0.05, 0.1) is 12.6 Å². The lowest BCUT2D eigenvalue weighted by molar-refractivity contribution is -0.136. The molecule has 0 fully saturated rings. The molecule has 3 nitrogen and oxygen atoms in total. The molecular formula is C26H25NO2. The quantitative estimate of drug-likeness (QED) is 0.469. The molecule has 1 aliphatic heterocycles. The van der Waals surface area contributed by atoms with Crippen molar-refractivity contribution in [1.82, 2.24) is 4.90 Å². The summed E-state index contributed by atoms with van der Waals surface area (Å²) in [6.07, 6.45) is 2.68. The molecule has 0 radical (unpaired) electrons. The Labute approximate surface area is 172 Å². The molecule has 0 atom stereocenters.